The number of hydrogen-bond acceptors (Lipinski definition) is 3. The Balaban J connectivity index is 1.77. The molecule has 0 radical (unpaired) electrons. The minimum Gasteiger partial charge on any atom is -0.334 e. The van der Waals surface area contributed by atoms with Crippen LogP contribution in [0.15, 0.2) is 18.6 Å². The Morgan fingerprint density at radius 1 is 1.17 bits per heavy atom. The number of hydrogen-bond donors (Lipinski definition) is 0. The fourth-order valence-corrected chi connectivity index (χ4v) is 3.23. The summed E-state index contributed by atoms with van der Waals surface area (Å²) in [5.41, 5.74) is 0.946. The number of nitrogens with zero attached hydrogens (tertiary/aromatic N) is 3. The molecular formula is C14H19N3O. The van der Waals surface area contributed by atoms with Gasteiger partial charge in [-0.05, 0) is 25.7 Å². The van der Waals surface area contributed by atoms with Gasteiger partial charge in [-0.3, -0.25) is 14.8 Å². The zero-order valence-electron chi connectivity index (χ0n) is 10.6. The molecule has 0 spiro atoms. The summed E-state index contributed by atoms with van der Waals surface area (Å²) < 4.78 is 0. The van der Waals surface area contributed by atoms with Crippen LogP contribution < -0.4 is 0 Å². The van der Waals surface area contributed by atoms with Gasteiger partial charge in [0, 0.05) is 24.9 Å². The summed E-state index contributed by atoms with van der Waals surface area (Å²) in [7, 11) is 0. The van der Waals surface area contributed by atoms with Crippen molar-refractivity contribution in [1.82, 2.24) is 14.9 Å². The van der Waals surface area contributed by atoms with Crippen molar-refractivity contribution in [3.63, 3.8) is 0 Å². The minimum absolute atomic E-state index is 0.159. The Bertz CT molecular complexity index is 414. The first kappa shape index (κ1) is 11.6. The molecule has 0 aromatic carbocycles. The SMILES string of the molecule is O=C(C1CCCC1)N1CCC[C@@H]1c1cnccn1. The highest BCUT2D eigenvalue weighted by Gasteiger charge is 2.35. The van der Waals surface area contributed by atoms with Gasteiger partial charge in [-0.25, -0.2) is 0 Å². The standard InChI is InChI=1S/C14H19N3O/c18-14(11-4-1-2-5-11)17-9-3-6-13(17)12-10-15-7-8-16-12/h7-8,10-11,13H,1-6,9H2/t13-/m1/s1. The Hall–Kier alpha value is -1.45. The Morgan fingerprint density at radius 2 is 2.00 bits per heavy atom. The Kier molecular flexibility index (Phi) is 3.26. The maximum absolute atomic E-state index is 12.5. The fraction of sp³-hybridized carbons (Fsp3) is 0.643. The van der Waals surface area contributed by atoms with Crippen molar-refractivity contribution in [3.8, 4) is 0 Å². The average molecular weight is 245 g/mol. The lowest BCUT2D eigenvalue weighted by molar-refractivity contribution is -0.136. The normalized spacial score (nSPS) is 24.7. The quantitative estimate of drug-likeness (QED) is 0.803. The molecule has 0 bridgehead atoms. The minimum atomic E-state index is 0.159. The van der Waals surface area contributed by atoms with Crippen LogP contribution in [-0.4, -0.2) is 27.3 Å². The highest BCUT2D eigenvalue weighted by Crippen LogP contribution is 2.35. The van der Waals surface area contributed by atoms with Gasteiger partial charge in [0.25, 0.3) is 0 Å². The molecule has 1 saturated heterocycles. The van der Waals surface area contributed by atoms with Crippen LogP contribution in [0.1, 0.15) is 50.3 Å². The maximum atomic E-state index is 12.5. The molecule has 0 unspecified atom stereocenters. The Morgan fingerprint density at radius 3 is 2.72 bits per heavy atom. The highest BCUT2D eigenvalue weighted by atomic mass is 16.2. The van der Waals surface area contributed by atoms with E-state index in [1.54, 1.807) is 18.6 Å². The van der Waals surface area contributed by atoms with Crippen LogP contribution in [0.2, 0.25) is 0 Å². The summed E-state index contributed by atoms with van der Waals surface area (Å²) in [4.78, 5) is 23.0. The fourth-order valence-electron chi connectivity index (χ4n) is 3.23. The van der Waals surface area contributed by atoms with Gasteiger partial charge in [0.1, 0.15) is 0 Å². The third-order valence-electron chi connectivity index (χ3n) is 4.16. The van der Waals surface area contributed by atoms with Crippen LogP contribution in [0.4, 0.5) is 0 Å². The van der Waals surface area contributed by atoms with Crippen LogP contribution in [0.5, 0.6) is 0 Å². The third-order valence-corrected chi connectivity index (χ3v) is 4.16. The van der Waals surface area contributed by atoms with E-state index in [1.807, 2.05) is 4.90 Å². The second-order valence-electron chi connectivity index (χ2n) is 5.30. The Labute approximate surface area is 107 Å². The predicted octanol–water partition coefficient (Wildman–Crippen LogP) is 2.33. The summed E-state index contributed by atoms with van der Waals surface area (Å²) in [6.45, 7) is 0.885. The molecular weight excluding hydrogens is 226 g/mol. The van der Waals surface area contributed by atoms with Crippen LogP contribution in [0.3, 0.4) is 0 Å². The molecule has 1 aromatic heterocycles. The summed E-state index contributed by atoms with van der Waals surface area (Å²) in [5, 5.41) is 0. The topological polar surface area (TPSA) is 46.1 Å². The molecule has 3 rings (SSSR count). The van der Waals surface area contributed by atoms with Gasteiger partial charge >= 0.3 is 0 Å². The van der Waals surface area contributed by atoms with E-state index in [-0.39, 0.29) is 12.0 Å². The summed E-state index contributed by atoms with van der Waals surface area (Å²) in [6.07, 6.45) is 11.9. The van der Waals surface area contributed by atoms with Gasteiger partial charge in [0.15, 0.2) is 0 Å². The molecule has 2 aliphatic rings. The molecule has 1 aromatic rings. The van der Waals surface area contributed by atoms with E-state index >= 15 is 0 Å². The predicted molar refractivity (Wildman–Crippen MR) is 67.7 cm³/mol. The van der Waals surface area contributed by atoms with Crippen LogP contribution in [0.25, 0.3) is 0 Å². The lowest BCUT2D eigenvalue weighted by Crippen LogP contribution is -2.35. The second-order valence-corrected chi connectivity index (χ2v) is 5.30. The van der Waals surface area contributed by atoms with Gasteiger partial charge < -0.3 is 4.90 Å². The number of likely N-dealkylation sites (tertiary alicyclic amines) is 1. The molecule has 18 heavy (non-hydrogen) atoms. The van der Waals surface area contributed by atoms with E-state index < -0.39 is 0 Å². The molecule has 2 fully saturated rings. The van der Waals surface area contributed by atoms with Gasteiger partial charge in [-0.2, -0.15) is 0 Å². The van der Waals surface area contributed by atoms with Crippen LogP contribution in [0, 0.1) is 5.92 Å². The average Bonchev–Trinajstić information content (AvgIpc) is 3.10. The van der Waals surface area contributed by atoms with Gasteiger partial charge in [0.2, 0.25) is 5.91 Å². The van der Waals surface area contributed by atoms with Crippen molar-refractivity contribution >= 4 is 5.91 Å². The number of carbonyl (C=O) groups is 1. The van der Waals surface area contributed by atoms with Crippen LogP contribution in [-0.2, 0) is 4.79 Å². The summed E-state index contributed by atoms with van der Waals surface area (Å²) >= 11 is 0. The van der Waals surface area contributed by atoms with Crippen molar-refractivity contribution in [1.29, 1.82) is 0 Å². The van der Waals surface area contributed by atoms with Crippen molar-refractivity contribution in [2.75, 3.05) is 6.54 Å². The molecule has 1 atom stereocenters. The van der Waals surface area contributed by atoms with Crippen molar-refractivity contribution in [3.05, 3.63) is 24.3 Å². The molecule has 0 N–H and O–H groups in total. The monoisotopic (exact) mass is 245 g/mol. The summed E-state index contributed by atoms with van der Waals surface area (Å²) in [5.74, 6) is 0.614. The molecule has 1 amide bonds. The maximum Gasteiger partial charge on any atom is 0.226 e. The smallest absolute Gasteiger partial charge is 0.226 e. The van der Waals surface area contributed by atoms with E-state index in [0.29, 0.717) is 5.91 Å². The largest absolute Gasteiger partial charge is 0.334 e. The highest BCUT2D eigenvalue weighted by molar-refractivity contribution is 5.79. The molecule has 96 valence electrons. The number of amides is 1. The van der Waals surface area contributed by atoms with Gasteiger partial charge in [-0.1, -0.05) is 12.8 Å². The van der Waals surface area contributed by atoms with Gasteiger partial charge in [-0.15, -0.1) is 0 Å². The first-order valence-electron chi connectivity index (χ1n) is 6.92. The molecule has 4 heteroatoms. The zero-order chi connectivity index (χ0) is 12.4. The lowest BCUT2D eigenvalue weighted by Gasteiger charge is -2.26. The summed E-state index contributed by atoms with van der Waals surface area (Å²) in [6, 6.07) is 0.159. The number of aromatic nitrogens is 2. The van der Waals surface area contributed by atoms with E-state index in [2.05, 4.69) is 9.97 Å². The number of carbonyl (C=O) groups excluding carboxylic acids is 1. The first-order chi connectivity index (χ1) is 8.86. The van der Waals surface area contributed by atoms with Crippen molar-refractivity contribution < 1.29 is 4.79 Å². The van der Waals surface area contributed by atoms with Crippen molar-refractivity contribution in [2.24, 2.45) is 5.92 Å². The van der Waals surface area contributed by atoms with E-state index in [9.17, 15) is 4.79 Å². The molecule has 2 heterocycles. The van der Waals surface area contributed by atoms with Crippen molar-refractivity contribution in [2.45, 2.75) is 44.6 Å². The van der Waals surface area contributed by atoms with Crippen LogP contribution >= 0.6 is 0 Å². The molecule has 1 saturated carbocycles. The van der Waals surface area contributed by atoms with E-state index in [0.717, 1.165) is 37.9 Å². The third kappa shape index (κ3) is 2.11. The first-order valence-corrected chi connectivity index (χ1v) is 6.92. The van der Waals surface area contributed by atoms with Gasteiger partial charge in [0.05, 0.1) is 17.9 Å². The zero-order valence-corrected chi connectivity index (χ0v) is 10.6. The lowest BCUT2D eigenvalue weighted by atomic mass is 10.1. The van der Waals surface area contributed by atoms with E-state index in [4.69, 9.17) is 0 Å². The second kappa shape index (κ2) is 5.04. The number of rotatable bonds is 2. The van der Waals surface area contributed by atoms with E-state index in [1.165, 1.54) is 12.8 Å². The molecule has 1 aliphatic carbocycles. The molecule has 4 nitrogen and oxygen atoms in total. The molecule has 1 aliphatic heterocycles.